The summed E-state index contributed by atoms with van der Waals surface area (Å²) in [5.41, 5.74) is 0. The summed E-state index contributed by atoms with van der Waals surface area (Å²) in [6, 6.07) is 9.55. The molecule has 0 aliphatic heterocycles. The summed E-state index contributed by atoms with van der Waals surface area (Å²) in [7, 11) is -1.18. The lowest BCUT2D eigenvalue weighted by atomic mass is 10.4. The topological polar surface area (TPSA) is 0 Å². The molecule has 0 N–H and O–H groups in total. The summed E-state index contributed by atoms with van der Waals surface area (Å²) in [5, 5.41) is 1.35. The van der Waals surface area contributed by atoms with Crippen molar-refractivity contribution >= 4 is 53.1 Å². The molecule has 4 heteroatoms. The molecule has 78 valence electrons. The van der Waals surface area contributed by atoms with Gasteiger partial charge in [-0.2, -0.15) is 0 Å². The Morgan fingerprint density at radius 2 is 1.86 bits per heavy atom. The van der Waals surface area contributed by atoms with E-state index in [1.165, 1.54) is 11.2 Å². The highest BCUT2D eigenvalue weighted by Gasteiger charge is 2.19. The molecule has 1 rings (SSSR count). The second kappa shape index (κ2) is 6.16. The van der Waals surface area contributed by atoms with E-state index in [0.29, 0.717) is 0 Å². The van der Waals surface area contributed by atoms with Gasteiger partial charge in [0.1, 0.15) is 8.80 Å². The second-order valence-corrected chi connectivity index (χ2v) is 9.33. The minimum Gasteiger partial charge on any atom is -0.109 e. The van der Waals surface area contributed by atoms with E-state index in [2.05, 4.69) is 47.1 Å². The lowest BCUT2D eigenvalue weighted by molar-refractivity contribution is 1.06. The van der Waals surface area contributed by atoms with E-state index in [4.69, 9.17) is 23.2 Å². The van der Waals surface area contributed by atoms with Crippen LogP contribution in [0.1, 0.15) is 13.3 Å². The van der Waals surface area contributed by atoms with E-state index in [1.54, 1.807) is 0 Å². The largest absolute Gasteiger partial charge is 0.109 e. The number of halogens is 3. The fourth-order valence-electron chi connectivity index (χ4n) is 1.46. The maximum Gasteiger partial charge on any atom is 0.109 e. The summed E-state index contributed by atoms with van der Waals surface area (Å²) in [6.07, 6.45) is 1.16. The monoisotopic (exact) mass is 310 g/mol. The molecule has 1 aromatic rings. The first-order valence-electron chi connectivity index (χ1n) is 4.68. The predicted molar refractivity (Wildman–Crippen MR) is 71.5 cm³/mol. The van der Waals surface area contributed by atoms with Gasteiger partial charge in [0.05, 0.1) is 4.46 Å². The van der Waals surface area contributed by atoms with Gasteiger partial charge >= 0.3 is 0 Å². The van der Waals surface area contributed by atoms with Gasteiger partial charge in [0.25, 0.3) is 0 Å². The lowest BCUT2D eigenvalue weighted by Gasteiger charge is -2.15. The molecular weight excluding hydrogens is 299 g/mol. The van der Waals surface area contributed by atoms with E-state index < -0.39 is 8.80 Å². The van der Waals surface area contributed by atoms with Crippen LogP contribution in [-0.2, 0) is 0 Å². The van der Waals surface area contributed by atoms with Crippen molar-refractivity contribution in [2.45, 2.75) is 23.8 Å². The van der Waals surface area contributed by atoms with Crippen LogP contribution in [0.15, 0.2) is 28.7 Å². The standard InChI is InChI=1S/C10H13BrCl2Si/c1-2-7-14(10(12)13)9-5-3-8(11)4-6-9/h3-6,10,14H,2,7H2,1H3. The van der Waals surface area contributed by atoms with Gasteiger partial charge in [0, 0.05) is 4.47 Å². The Kier molecular flexibility index (Phi) is 5.53. The molecular formula is C10H13BrCl2Si. The Morgan fingerprint density at radius 3 is 2.29 bits per heavy atom. The third-order valence-electron chi connectivity index (χ3n) is 2.20. The third-order valence-corrected chi connectivity index (χ3v) is 7.60. The summed E-state index contributed by atoms with van der Waals surface area (Å²) >= 11 is 15.4. The fraction of sp³-hybridized carbons (Fsp3) is 0.400. The highest BCUT2D eigenvalue weighted by molar-refractivity contribution is 9.10. The molecule has 0 saturated carbocycles. The minimum absolute atomic E-state index is 0.184. The van der Waals surface area contributed by atoms with Gasteiger partial charge in [-0.3, -0.25) is 0 Å². The molecule has 1 unspecified atom stereocenters. The van der Waals surface area contributed by atoms with E-state index in [-0.39, 0.29) is 4.46 Å². The van der Waals surface area contributed by atoms with Crippen LogP contribution in [0.25, 0.3) is 0 Å². The first kappa shape index (κ1) is 12.6. The van der Waals surface area contributed by atoms with Crippen molar-refractivity contribution < 1.29 is 0 Å². The van der Waals surface area contributed by atoms with Crippen LogP contribution < -0.4 is 5.19 Å². The zero-order valence-corrected chi connectivity index (χ0v) is 12.3. The maximum atomic E-state index is 6.01. The van der Waals surface area contributed by atoms with Gasteiger partial charge in [0.2, 0.25) is 0 Å². The van der Waals surface area contributed by atoms with Gasteiger partial charge in [-0.15, -0.1) is 23.2 Å². The zero-order chi connectivity index (χ0) is 10.6. The second-order valence-electron chi connectivity index (χ2n) is 3.28. The zero-order valence-electron chi connectivity index (χ0n) is 8.01. The molecule has 0 bridgehead atoms. The van der Waals surface area contributed by atoms with Crippen LogP contribution >= 0.6 is 39.1 Å². The van der Waals surface area contributed by atoms with Gasteiger partial charge in [-0.1, -0.05) is 52.6 Å². The SMILES string of the molecule is CCC[SiH](c1ccc(Br)cc1)C(Cl)Cl. The molecule has 14 heavy (non-hydrogen) atoms. The molecule has 0 heterocycles. The van der Waals surface area contributed by atoms with Crippen molar-refractivity contribution in [1.82, 2.24) is 0 Å². The number of benzene rings is 1. The molecule has 1 atom stereocenters. The average Bonchev–Trinajstić information content (AvgIpc) is 2.15. The van der Waals surface area contributed by atoms with Crippen LogP contribution in [0.3, 0.4) is 0 Å². The molecule has 0 aliphatic carbocycles. The van der Waals surface area contributed by atoms with Crippen LogP contribution in [0.4, 0.5) is 0 Å². The number of hydrogen-bond donors (Lipinski definition) is 0. The lowest BCUT2D eigenvalue weighted by Crippen LogP contribution is -2.36. The quantitative estimate of drug-likeness (QED) is 0.588. The first-order valence-corrected chi connectivity index (χ1v) is 8.41. The maximum absolute atomic E-state index is 6.01. The Balaban J connectivity index is 2.82. The van der Waals surface area contributed by atoms with Crippen molar-refractivity contribution in [2.75, 3.05) is 0 Å². The van der Waals surface area contributed by atoms with Crippen molar-refractivity contribution in [1.29, 1.82) is 0 Å². The Labute approximate surface area is 105 Å². The third kappa shape index (κ3) is 3.57. The molecule has 0 saturated heterocycles. The average molecular weight is 312 g/mol. The summed E-state index contributed by atoms with van der Waals surface area (Å²) in [4.78, 5) is 0. The predicted octanol–water partition coefficient (Wildman–Crippen LogP) is 3.64. The molecule has 0 spiro atoms. The van der Waals surface area contributed by atoms with Crippen LogP contribution in [0.2, 0.25) is 6.04 Å². The van der Waals surface area contributed by atoms with Crippen molar-refractivity contribution in [3.8, 4) is 0 Å². The van der Waals surface area contributed by atoms with Gasteiger partial charge < -0.3 is 0 Å². The van der Waals surface area contributed by atoms with E-state index >= 15 is 0 Å². The number of rotatable bonds is 4. The molecule has 0 fully saturated rings. The molecule has 0 aromatic heterocycles. The van der Waals surface area contributed by atoms with Gasteiger partial charge in [0.15, 0.2) is 0 Å². The summed E-state index contributed by atoms with van der Waals surface area (Å²) in [6.45, 7) is 2.18. The van der Waals surface area contributed by atoms with E-state index in [1.807, 2.05) is 0 Å². The minimum atomic E-state index is -1.18. The Hall–Kier alpha value is 0.497. The first-order chi connectivity index (χ1) is 6.65. The Bertz CT molecular complexity index is 274. The van der Waals surface area contributed by atoms with Crippen LogP contribution in [0.5, 0.6) is 0 Å². The number of alkyl halides is 2. The van der Waals surface area contributed by atoms with E-state index in [9.17, 15) is 0 Å². The van der Waals surface area contributed by atoms with Gasteiger partial charge in [-0.25, -0.2) is 0 Å². The smallest absolute Gasteiger partial charge is 0.109 e. The van der Waals surface area contributed by atoms with Crippen molar-refractivity contribution in [3.05, 3.63) is 28.7 Å². The molecule has 0 amide bonds. The molecule has 0 radical (unpaired) electrons. The summed E-state index contributed by atoms with van der Waals surface area (Å²) < 4.78 is 0.919. The van der Waals surface area contributed by atoms with Crippen LogP contribution in [-0.4, -0.2) is 13.3 Å². The highest BCUT2D eigenvalue weighted by atomic mass is 79.9. The van der Waals surface area contributed by atoms with E-state index in [0.717, 1.165) is 10.9 Å². The normalized spacial score (nSPS) is 13.2. The highest BCUT2D eigenvalue weighted by Crippen LogP contribution is 2.14. The Morgan fingerprint density at radius 1 is 1.29 bits per heavy atom. The van der Waals surface area contributed by atoms with Crippen molar-refractivity contribution in [3.63, 3.8) is 0 Å². The number of hydrogen-bond acceptors (Lipinski definition) is 0. The van der Waals surface area contributed by atoms with Gasteiger partial charge in [-0.05, 0) is 12.1 Å². The molecule has 0 aliphatic rings. The fourth-order valence-corrected chi connectivity index (χ4v) is 5.54. The summed E-state index contributed by atoms with van der Waals surface area (Å²) in [5.74, 6) is 0. The molecule has 1 aromatic carbocycles. The van der Waals surface area contributed by atoms with Crippen molar-refractivity contribution in [2.24, 2.45) is 0 Å². The van der Waals surface area contributed by atoms with Crippen LogP contribution in [0, 0.1) is 0 Å². The molecule has 0 nitrogen and oxygen atoms in total.